The Labute approximate surface area is 238 Å². The number of carbonyl (C=O) groups is 3. The van der Waals surface area contributed by atoms with Gasteiger partial charge in [-0.25, -0.2) is 4.79 Å². The SMILES string of the molecule is CCc1ccc(N2C(=O)/C(=C/c3cc(I)c(OCc4cccc(C(=O)O)c4)c(OC)c3)C(=O)NC2=S)cc1. The topological polar surface area (TPSA) is 105 Å². The number of carboxylic acids is 1. The third kappa shape index (κ3) is 5.86. The number of carbonyl (C=O) groups excluding carboxylic acids is 2. The maximum absolute atomic E-state index is 13.4. The molecule has 1 saturated heterocycles. The van der Waals surface area contributed by atoms with Gasteiger partial charge < -0.3 is 14.6 Å². The quantitative estimate of drug-likeness (QED) is 0.155. The summed E-state index contributed by atoms with van der Waals surface area (Å²) < 4.78 is 12.2. The monoisotopic (exact) mass is 642 g/mol. The largest absolute Gasteiger partial charge is 0.493 e. The summed E-state index contributed by atoms with van der Waals surface area (Å²) in [6.45, 7) is 2.16. The Morgan fingerprint density at radius 1 is 1.11 bits per heavy atom. The normalized spacial score (nSPS) is 14.4. The molecular weight excluding hydrogens is 619 g/mol. The predicted octanol–water partition coefficient (Wildman–Crippen LogP) is 4.97. The van der Waals surface area contributed by atoms with Gasteiger partial charge >= 0.3 is 5.97 Å². The number of anilines is 1. The molecule has 1 aliphatic heterocycles. The summed E-state index contributed by atoms with van der Waals surface area (Å²) in [5.74, 6) is -1.29. The van der Waals surface area contributed by atoms with E-state index in [1.807, 2.05) is 19.1 Å². The molecule has 3 aromatic carbocycles. The molecule has 0 atom stereocenters. The average Bonchev–Trinajstić information content (AvgIpc) is 2.90. The molecule has 1 aliphatic rings. The highest BCUT2D eigenvalue weighted by atomic mass is 127. The second kappa shape index (κ2) is 11.7. The first kappa shape index (κ1) is 27.3. The van der Waals surface area contributed by atoms with E-state index in [-0.39, 0.29) is 22.9 Å². The number of nitrogens with one attached hydrogen (secondary N) is 1. The highest BCUT2D eigenvalue weighted by Gasteiger charge is 2.34. The van der Waals surface area contributed by atoms with E-state index in [0.717, 1.165) is 12.0 Å². The van der Waals surface area contributed by atoms with Crippen LogP contribution in [0.4, 0.5) is 5.69 Å². The number of carboxylic acid groups (broad SMARTS) is 1. The van der Waals surface area contributed by atoms with Crippen molar-refractivity contribution in [2.75, 3.05) is 12.0 Å². The lowest BCUT2D eigenvalue weighted by atomic mass is 10.1. The number of nitrogens with zero attached hydrogens (tertiary/aromatic N) is 1. The predicted molar refractivity (Wildman–Crippen MR) is 155 cm³/mol. The summed E-state index contributed by atoms with van der Waals surface area (Å²) in [6, 6.07) is 17.3. The van der Waals surface area contributed by atoms with Crippen LogP contribution in [0.3, 0.4) is 0 Å². The highest BCUT2D eigenvalue weighted by Crippen LogP contribution is 2.35. The number of aryl methyl sites for hydroxylation is 1. The second-order valence-corrected chi connectivity index (χ2v) is 9.86. The van der Waals surface area contributed by atoms with Crippen LogP contribution in [0.5, 0.6) is 11.5 Å². The van der Waals surface area contributed by atoms with Gasteiger partial charge in [0.25, 0.3) is 11.8 Å². The van der Waals surface area contributed by atoms with E-state index in [9.17, 15) is 19.5 Å². The van der Waals surface area contributed by atoms with Crippen molar-refractivity contribution in [2.45, 2.75) is 20.0 Å². The maximum Gasteiger partial charge on any atom is 0.335 e. The molecule has 2 N–H and O–H groups in total. The molecule has 194 valence electrons. The minimum atomic E-state index is -1.02. The Kier molecular flexibility index (Phi) is 8.42. The van der Waals surface area contributed by atoms with E-state index in [1.54, 1.807) is 42.5 Å². The van der Waals surface area contributed by atoms with Crippen molar-refractivity contribution in [3.05, 3.63) is 92.1 Å². The van der Waals surface area contributed by atoms with E-state index < -0.39 is 17.8 Å². The Balaban J connectivity index is 1.61. The van der Waals surface area contributed by atoms with Gasteiger partial charge in [-0.3, -0.25) is 19.8 Å². The van der Waals surface area contributed by atoms with Gasteiger partial charge in [-0.05, 0) is 100 Å². The molecule has 0 spiro atoms. The fourth-order valence-corrected chi connectivity index (χ4v) is 4.91. The summed E-state index contributed by atoms with van der Waals surface area (Å²) in [5.41, 5.74) is 3.00. The van der Waals surface area contributed by atoms with Crippen molar-refractivity contribution in [2.24, 2.45) is 0 Å². The first-order chi connectivity index (χ1) is 18.2. The number of hydrogen-bond donors (Lipinski definition) is 2. The van der Waals surface area contributed by atoms with Crippen LogP contribution in [0, 0.1) is 3.57 Å². The zero-order chi connectivity index (χ0) is 27.4. The van der Waals surface area contributed by atoms with Crippen molar-refractivity contribution in [1.29, 1.82) is 0 Å². The molecule has 10 heteroatoms. The lowest BCUT2D eigenvalue weighted by molar-refractivity contribution is -0.122. The number of thiocarbonyl (C=S) groups is 1. The Morgan fingerprint density at radius 3 is 2.50 bits per heavy atom. The molecule has 0 radical (unpaired) electrons. The zero-order valence-corrected chi connectivity index (χ0v) is 23.5. The molecule has 1 heterocycles. The number of aromatic carboxylic acids is 1. The molecular formula is C28H23IN2O6S. The van der Waals surface area contributed by atoms with Crippen LogP contribution < -0.4 is 19.7 Å². The second-order valence-electron chi connectivity index (χ2n) is 8.31. The molecule has 3 aromatic rings. The number of methoxy groups -OCH3 is 1. The fourth-order valence-electron chi connectivity index (χ4n) is 3.85. The smallest absolute Gasteiger partial charge is 0.335 e. The third-order valence-corrected chi connectivity index (χ3v) is 6.91. The molecule has 4 rings (SSSR count). The third-order valence-electron chi connectivity index (χ3n) is 5.82. The van der Waals surface area contributed by atoms with E-state index >= 15 is 0 Å². The standard InChI is InChI=1S/C28H23IN2O6S/c1-3-16-7-9-20(10-8-16)31-26(33)21(25(32)30-28(31)38)12-18-13-22(29)24(23(14-18)36-2)37-15-17-5-4-6-19(11-17)27(34)35/h4-14H,3,15H2,1-2H3,(H,34,35)(H,30,32,38)/b21-12+. The molecule has 0 aromatic heterocycles. The van der Waals surface area contributed by atoms with Crippen LogP contribution in [0.15, 0.2) is 66.2 Å². The van der Waals surface area contributed by atoms with Crippen molar-refractivity contribution in [3.8, 4) is 11.5 Å². The summed E-state index contributed by atoms with van der Waals surface area (Å²) in [6.07, 6.45) is 2.34. The summed E-state index contributed by atoms with van der Waals surface area (Å²) >= 11 is 7.36. The van der Waals surface area contributed by atoms with Gasteiger partial charge in [0.05, 0.1) is 21.9 Å². The molecule has 38 heavy (non-hydrogen) atoms. The van der Waals surface area contributed by atoms with Gasteiger partial charge in [0.15, 0.2) is 16.6 Å². The van der Waals surface area contributed by atoms with E-state index in [2.05, 4.69) is 27.9 Å². The van der Waals surface area contributed by atoms with E-state index in [0.29, 0.717) is 31.9 Å². The Hall–Kier alpha value is -3.77. The molecule has 0 aliphatic carbocycles. The minimum Gasteiger partial charge on any atom is -0.493 e. The number of benzene rings is 3. The molecule has 1 fully saturated rings. The van der Waals surface area contributed by atoms with Crippen molar-refractivity contribution >= 4 is 69.5 Å². The maximum atomic E-state index is 13.4. The van der Waals surface area contributed by atoms with E-state index in [4.69, 9.17) is 21.7 Å². The zero-order valence-electron chi connectivity index (χ0n) is 20.5. The van der Waals surface area contributed by atoms with Gasteiger partial charge in [-0.15, -0.1) is 0 Å². The molecule has 2 amide bonds. The fraction of sp³-hybridized carbons (Fsp3) is 0.143. The van der Waals surface area contributed by atoms with Gasteiger partial charge in [0.2, 0.25) is 0 Å². The number of halogens is 1. The van der Waals surface area contributed by atoms with Crippen LogP contribution >= 0.6 is 34.8 Å². The first-order valence-electron chi connectivity index (χ1n) is 11.5. The molecule has 0 saturated carbocycles. The van der Waals surface area contributed by atoms with E-state index in [1.165, 1.54) is 24.2 Å². The highest BCUT2D eigenvalue weighted by molar-refractivity contribution is 14.1. The molecule has 8 nitrogen and oxygen atoms in total. The number of rotatable bonds is 8. The molecule has 0 unspecified atom stereocenters. The van der Waals surface area contributed by atoms with Crippen molar-refractivity contribution in [3.63, 3.8) is 0 Å². The number of hydrogen-bond acceptors (Lipinski definition) is 6. The summed E-state index contributed by atoms with van der Waals surface area (Å²) in [7, 11) is 1.48. The molecule has 0 bridgehead atoms. The van der Waals surface area contributed by atoms with Crippen molar-refractivity contribution in [1.82, 2.24) is 5.32 Å². The average molecular weight is 642 g/mol. The summed E-state index contributed by atoms with van der Waals surface area (Å²) in [4.78, 5) is 38.6. The van der Waals surface area contributed by atoms with Crippen LogP contribution in [0.25, 0.3) is 6.08 Å². The number of ether oxygens (including phenoxy) is 2. The summed E-state index contributed by atoms with van der Waals surface area (Å²) in [5, 5.41) is 11.8. The number of amides is 2. The van der Waals surface area contributed by atoms with Gasteiger partial charge in [0.1, 0.15) is 12.2 Å². The minimum absolute atomic E-state index is 0.0178. The van der Waals surface area contributed by atoms with Crippen LogP contribution in [0.1, 0.15) is 34.0 Å². The van der Waals surface area contributed by atoms with Crippen LogP contribution in [-0.2, 0) is 22.6 Å². The Bertz CT molecular complexity index is 1470. The Morgan fingerprint density at radius 2 is 1.84 bits per heavy atom. The van der Waals surface area contributed by atoms with Crippen LogP contribution in [-0.4, -0.2) is 35.1 Å². The van der Waals surface area contributed by atoms with Crippen molar-refractivity contribution < 1.29 is 29.0 Å². The van der Waals surface area contributed by atoms with Gasteiger partial charge in [0, 0.05) is 0 Å². The van der Waals surface area contributed by atoms with Gasteiger partial charge in [-0.2, -0.15) is 0 Å². The van der Waals surface area contributed by atoms with Gasteiger partial charge in [-0.1, -0.05) is 31.2 Å². The van der Waals surface area contributed by atoms with Crippen LogP contribution in [0.2, 0.25) is 0 Å². The lowest BCUT2D eigenvalue weighted by Crippen LogP contribution is -2.54. The first-order valence-corrected chi connectivity index (χ1v) is 13.0. The lowest BCUT2D eigenvalue weighted by Gasteiger charge is -2.29.